The number of anilines is 1. The van der Waals surface area contributed by atoms with Gasteiger partial charge in [-0.2, -0.15) is 0 Å². The summed E-state index contributed by atoms with van der Waals surface area (Å²) in [5.74, 6) is 0. The third-order valence-corrected chi connectivity index (χ3v) is 5.22. The zero-order valence-electron chi connectivity index (χ0n) is 11.3. The van der Waals surface area contributed by atoms with Gasteiger partial charge >= 0.3 is 0 Å². The Balaban J connectivity index is 2.17. The summed E-state index contributed by atoms with van der Waals surface area (Å²) in [6.07, 6.45) is 3.18. The second kappa shape index (κ2) is 5.48. The average Bonchev–Trinajstić information content (AvgIpc) is 2.38. The van der Waals surface area contributed by atoms with E-state index in [9.17, 15) is 8.42 Å². The van der Waals surface area contributed by atoms with E-state index in [-0.39, 0.29) is 10.5 Å². The fourth-order valence-electron chi connectivity index (χ4n) is 2.24. The van der Waals surface area contributed by atoms with Crippen LogP contribution in [-0.4, -0.2) is 34.7 Å². The van der Waals surface area contributed by atoms with Gasteiger partial charge in [0.1, 0.15) is 4.90 Å². The first-order valence-electron chi connectivity index (χ1n) is 6.35. The first-order chi connectivity index (χ1) is 9.03. The van der Waals surface area contributed by atoms with Gasteiger partial charge in [0, 0.05) is 13.7 Å². The second-order valence-corrected chi connectivity index (χ2v) is 6.65. The molecule has 0 saturated heterocycles. The molecule has 1 aliphatic rings. The van der Waals surface area contributed by atoms with Crippen molar-refractivity contribution >= 4 is 15.7 Å². The molecular weight excluding hydrogens is 264 g/mol. The SMILES string of the molecule is CNS(=O)(=O)c1ccccc1NCC1(OC)CCC1. The maximum atomic E-state index is 11.9. The molecular formula is C13H20N2O3S. The highest BCUT2D eigenvalue weighted by molar-refractivity contribution is 7.89. The molecule has 0 aromatic heterocycles. The van der Waals surface area contributed by atoms with Crippen molar-refractivity contribution in [2.45, 2.75) is 29.8 Å². The lowest BCUT2D eigenvalue weighted by atomic mass is 9.80. The Morgan fingerprint density at radius 1 is 1.32 bits per heavy atom. The lowest BCUT2D eigenvalue weighted by Gasteiger charge is -2.40. The number of rotatable bonds is 6. The van der Waals surface area contributed by atoms with Crippen LogP contribution < -0.4 is 10.0 Å². The van der Waals surface area contributed by atoms with Crippen molar-refractivity contribution in [1.29, 1.82) is 0 Å². The molecule has 1 aromatic carbocycles. The number of methoxy groups -OCH3 is 1. The van der Waals surface area contributed by atoms with Gasteiger partial charge in [0.2, 0.25) is 10.0 Å². The summed E-state index contributed by atoms with van der Waals surface area (Å²) in [6, 6.07) is 6.89. The molecule has 0 atom stereocenters. The minimum Gasteiger partial charge on any atom is -0.381 e. The number of nitrogens with one attached hydrogen (secondary N) is 2. The summed E-state index contributed by atoms with van der Waals surface area (Å²) in [4.78, 5) is 0.267. The van der Waals surface area contributed by atoms with E-state index in [1.165, 1.54) is 7.05 Å². The summed E-state index contributed by atoms with van der Waals surface area (Å²) < 4.78 is 31.7. The van der Waals surface area contributed by atoms with Crippen molar-refractivity contribution in [3.05, 3.63) is 24.3 Å². The highest BCUT2D eigenvalue weighted by Crippen LogP contribution is 2.35. The molecule has 1 aliphatic carbocycles. The maximum absolute atomic E-state index is 11.9. The largest absolute Gasteiger partial charge is 0.381 e. The van der Waals surface area contributed by atoms with Crippen LogP contribution in [0.5, 0.6) is 0 Å². The molecule has 0 bridgehead atoms. The van der Waals surface area contributed by atoms with Crippen molar-refractivity contribution in [3.63, 3.8) is 0 Å². The van der Waals surface area contributed by atoms with Crippen LogP contribution in [0.3, 0.4) is 0 Å². The van der Waals surface area contributed by atoms with Gasteiger partial charge in [-0.25, -0.2) is 13.1 Å². The maximum Gasteiger partial charge on any atom is 0.242 e. The molecule has 1 aromatic rings. The Kier molecular flexibility index (Phi) is 4.13. The molecule has 0 spiro atoms. The van der Waals surface area contributed by atoms with Crippen molar-refractivity contribution in [1.82, 2.24) is 4.72 Å². The fourth-order valence-corrected chi connectivity index (χ4v) is 3.14. The monoisotopic (exact) mass is 284 g/mol. The molecule has 5 nitrogen and oxygen atoms in total. The summed E-state index contributed by atoms with van der Waals surface area (Å²) in [6.45, 7) is 0.625. The quantitative estimate of drug-likeness (QED) is 0.832. The third-order valence-electron chi connectivity index (χ3n) is 3.74. The van der Waals surface area contributed by atoms with Gasteiger partial charge in [0.25, 0.3) is 0 Å². The van der Waals surface area contributed by atoms with E-state index in [0.29, 0.717) is 12.2 Å². The molecule has 6 heteroatoms. The van der Waals surface area contributed by atoms with Crippen LogP contribution in [0.15, 0.2) is 29.2 Å². The second-order valence-electron chi connectivity index (χ2n) is 4.80. The van der Waals surface area contributed by atoms with Crippen molar-refractivity contribution in [2.75, 3.05) is 26.0 Å². The lowest BCUT2D eigenvalue weighted by Crippen LogP contribution is -2.45. The van der Waals surface area contributed by atoms with E-state index in [1.54, 1.807) is 25.3 Å². The summed E-state index contributed by atoms with van der Waals surface area (Å²) in [5.41, 5.74) is 0.469. The Morgan fingerprint density at radius 2 is 2.00 bits per heavy atom. The first-order valence-corrected chi connectivity index (χ1v) is 7.83. The van der Waals surface area contributed by atoms with Crippen LogP contribution in [0.4, 0.5) is 5.69 Å². The molecule has 0 aliphatic heterocycles. The zero-order chi connectivity index (χ0) is 13.9. The summed E-state index contributed by atoms with van der Waals surface area (Å²) in [7, 11) is -0.328. The minimum absolute atomic E-state index is 0.142. The predicted octanol–water partition coefficient (Wildman–Crippen LogP) is 1.58. The van der Waals surface area contributed by atoms with E-state index in [1.807, 2.05) is 6.07 Å². The average molecular weight is 284 g/mol. The third kappa shape index (κ3) is 2.91. The van der Waals surface area contributed by atoms with E-state index >= 15 is 0 Å². The topological polar surface area (TPSA) is 67.4 Å². The normalized spacial score (nSPS) is 17.8. The highest BCUT2D eigenvalue weighted by atomic mass is 32.2. The Morgan fingerprint density at radius 3 is 2.53 bits per heavy atom. The first kappa shape index (κ1) is 14.3. The Hall–Kier alpha value is -1.11. The van der Waals surface area contributed by atoms with Crippen LogP contribution in [0.2, 0.25) is 0 Å². The van der Waals surface area contributed by atoms with Gasteiger partial charge in [-0.1, -0.05) is 12.1 Å². The van der Waals surface area contributed by atoms with E-state index in [2.05, 4.69) is 10.0 Å². The summed E-state index contributed by atoms with van der Waals surface area (Å²) in [5, 5.41) is 3.20. The molecule has 1 saturated carbocycles. The van der Waals surface area contributed by atoms with E-state index in [0.717, 1.165) is 19.3 Å². The number of para-hydroxylation sites is 1. The van der Waals surface area contributed by atoms with Gasteiger partial charge in [-0.3, -0.25) is 0 Å². The smallest absolute Gasteiger partial charge is 0.242 e. The molecule has 106 valence electrons. The van der Waals surface area contributed by atoms with Crippen molar-refractivity contribution in [2.24, 2.45) is 0 Å². The Labute approximate surface area is 114 Å². The van der Waals surface area contributed by atoms with Gasteiger partial charge < -0.3 is 10.1 Å². The van der Waals surface area contributed by atoms with Gasteiger partial charge in [0.15, 0.2) is 0 Å². The zero-order valence-corrected chi connectivity index (χ0v) is 12.1. The van der Waals surface area contributed by atoms with E-state index < -0.39 is 10.0 Å². The molecule has 0 radical (unpaired) electrons. The molecule has 0 heterocycles. The highest BCUT2D eigenvalue weighted by Gasteiger charge is 2.37. The van der Waals surface area contributed by atoms with Crippen LogP contribution in [0, 0.1) is 0 Å². The fraction of sp³-hybridized carbons (Fsp3) is 0.538. The number of hydrogen-bond donors (Lipinski definition) is 2. The van der Waals surface area contributed by atoms with Crippen molar-refractivity contribution in [3.8, 4) is 0 Å². The lowest BCUT2D eigenvalue weighted by molar-refractivity contribution is -0.0601. The number of hydrogen-bond acceptors (Lipinski definition) is 4. The standard InChI is InChI=1S/C13H20N2O3S/c1-14-19(16,17)12-7-4-3-6-11(12)15-10-13(18-2)8-5-9-13/h3-4,6-7,14-15H,5,8-10H2,1-2H3. The molecule has 0 unspecified atom stereocenters. The predicted molar refractivity (Wildman–Crippen MR) is 74.8 cm³/mol. The molecule has 1 fully saturated rings. The molecule has 0 amide bonds. The van der Waals surface area contributed by atoms with Gasteiger partial charge in [-0.05, 0) is 38.4 Å². The van der Waals surface area contributed by atoms with Gasteiger partial charge in [0.05, 0.1) is 11.3 Å². The van der Waals surface area contributed by atoms with Crippen LogP contribution >= 0.6 is 0 Å². The van der Waals surface area contributed by atoms with Crippen LogP contribution in [0.25, 0.3) is 0 Å². The Bertz CT molecular complexity index is 533. The van der Waals surface area contributed by atoms with Gasteiger partial charge in [-0.15, -0.1) is 0 Å². The molecule has 19 heavy (non-hydrogen) atoms. The number of benzene rings is 1. The number of ether oxygens (including phenoxy) is 1. The molecule has 2 rings (SSSR count). The minimum atomic E-state index is -3.45. The van der Waals surface area contributed by atoms with Crippen molar-refractivity contribution < 1.29 is 13.2 Å². The van der Waals surface area contributed by atoms with Crippen LogP contribution in [0.1, 0.15) is 19.3 Å². The van der Waals surface area contributed by atoms with Crippen LogP contribution in [-0.2, 0) is 14.8 Å². The number of sulfonamides is 1. The molecule has 2 N–H and O–H groups in total. The summed E-state index contributed by atoms with van der Waals surface area (Å²) >= 11 is 0. The van der Waals surface area contributed by atoms with E-state index in [4.69, 9.17) is 4.74 Å².